The number of hydrogen-bond donors (Lipinski definition) is 3. The highest BCUT2D eigenvalue weighted by atomic mass is 16.5. The summed E-state index contributed by atoms with van der Waals surface area (Å²) in [6.45, 7) is 4.28. The normalized spacial score (nSPS) is 13.6. The molecule has 0 bridgehead atoms. The topological polar surface area (TPSA) is 96.2 Å². The molecule has 3 aromatic rings. The first-order valence-electron chi connectivity index (χ1n) is 13.7. The molecule has 0 aromatic heterocycles. The van der Waals surface area contributed by atoms with Crippen LogP contribution in [0.15, 0.2) is 66.7 Å². The SMILES string of the molecule is COc1cc(CC(CCC(C)C)C(=O)CC(O)C(Cc2ccccc2)Cc2ccc(O)c(OC)c2)ccc1O. The molecular formula is C33H42O6. The number of ketones is 1. The van der Waals surface area contributed by atoms with Crippen molar-refractivity contribution in [3.8, 4) is 23.0 Å². The van der Waals surface area contributed by atoms with Gasteiger partial charge in [-0.2, -0.15) is 0 Å². The van der Waals surface area contributed by atoms with E-state index >= 15 is 0 Å². The molecule has 0 heterocycles. The van der Waals surface area contributed by atoms with Gasteiger partial charge in [-0.15, -0.1) is 0 Å². The number of hydrogen-bond acceptors (Lipinski definition) is 6. The van der Waals surface area contributed by atoms with E-state index in [4.69, 9.17) is 9.47 Å². The monoisotopic (exact) mass is 534 g/mol. The molecule has 0 saturated heterocycles. The lowest BCUT2D eigenvalue weighted by molar-refractivity contribution is -0.125. The average molecular weight is 535 g/mol. The van der Waals surface area contributed by atoms with Gasteiger partial charge in [-0.05, 0) is 78.5 Å². The van der Waals surface area contributed by atoms with Crippen LogP contribution in [0.1, 0.15) is 49.8 Å². The van der Waals surface area contributed by atoms with Gasteiger partial charge in [-0.25, -0.2) is 0 Å². The third-order valence-corrected chi connectivity index (χ3v) is 7.31. The number of rotatable bonds is 15. The zero-order chi connectivity index (χ0) is 28.4. The van der Waals surface area contributed by atoms with E-state index in [1.807, 2.05) is 42.5 Å². The molecule has 6 nitrogen and oxygen atoms in total. The first-order valence-corrected chi connectivity index (χ1v) is 13.7. The predicted octanol–water partition coefficient (Wildman–Crippen LogP) is 6.13. The number of Topliss-reactive ketones (excluding diaryl/α,β-unsaturated/α-hetero) is 1. The van der Waals surface area contributed by atoms with Crippen LogP contribution < -0.4 is 9.47 Å². The summed E-state index contributed by atoms with van der Waals surface area (Å²) in [5.74, 6) is 0.940. The highest BCUT2D eigenvalue weighted by Crippen LogP contribution is 2.31. The molecule has 39 heavy (non-hydrogen) atoms. The summed E-state index contributed by atoms with van der Waals surface area (Å²) in [5.41, 5.74) is 2.93. The van der Waals surface area contributed by atoms with Gasteiger partial charge >= 0.3 is 0 Å². The van der Waals surface area contributed by atoms with E-state index in [1.165, 1.54) is 14.2 Å². The molecule has 0 spiro atoms. The Morgan fingerprint density at radius 3 is 1.82 bits per heavy atom. The van der Waals surface area contributed by atoms with Crippen molar-refractivity contribution >= 4 is 5.78 Å². The predicted molar refractivity (Wildman–Crippen MR) is 154 cm³/mol. The Bertz CT molecular complexity index is 1190. The minimum Gasteiger partial charge on any atom is -0.504 e. The molecule has 6 heteroatoms. The second-order valence-corrected chi connectivity index (χ2v) is 10.8. The number of carbonyl (C=O) groups excluding carboxylic acids is 1. The third-order valence-electron chi connectivity index (χ3n) is 7.31. The van der Waals surface area contributed by atoms with Gasteiger partial charge in [0.15, 0.2) is 23.0 Å². The van der Waals surface area contributed by atoms with Crippen molar-refractivity contribution in [2.24, 2.45) is 17.8 Å². The molecule has 0 aliphatic rings. The van der Waals surface area contributed by atoms with Crippen LogP contribution in [0.5, 0.6) is 23.0 Å². The summed E-state index contributed by atoms with van der Waals surface area (Å²) >= 11 is 0. The van der Waals surface area contributed by atoms with E-state index in [2.05, 4.69) is 13.8 Å². The number of ether oxygens (including phenoxy) is 2. The third kappa shape index (κ3) is 9.03. The van der Waals surface area contributed by atoms with Gasteiger partial charge in [0.1, 0.15) is 5.78 Å². The van der Waals surface area contributed by atoms with Crippen LogP contribution >= 0.6 is 0 Å². The fraction of sp³-hybridized carbons (Fsp3) is 0.424. The Hall–Kier alpha value is -3.51. The maximum absolute atomic E-state index is 13.7. The Labute approximate surface area is 232 Å². The van der Waals surface area contributed by atoms with Gasteiger partial charge in [0.2, 0.25) is 0 Å². The number of benzene rings is 3. The van der Waals surface area contributed by atoms with Crippen molar-refractivity contribution in [3.63, 3.8) is 0 Å². The minimum absolute atomic E-state index is 0.0385. The van der Waals surface area contributed by atoms with E-state index in [1.54, 1.807) is 24.3 Å². The van der Waals surface area contributed by atoms with Gasteiger partial charge in [-0.1, -0.05) is 62.7 Å². The van der Waals surface area contributed by atoms with Crippen LogP contribution in [0.3, 0.4) is 0 Å². The van der Waals surface area contributed by atoms with Gasteiger partial charge in [0.05, 0.1) is 20.3 Å². The van der Waals surface area contributed by atoms with Gasteiger partial charge in [0.25, 0.3) is 0 Å². The smallest absolute Gasteiger partial charge is 0.160 e. The van der Waals surface area contributed by atoms with Crippen LogP contribution in [-0.2, 0) is 24.1 Å². The van der Waals surface area contributed by atoms with Crippen molar-refractivity contribution in [1.82, 2.24) is 0 Å². The summed E-state index contributed by atoms with van der Waals surface area (Å²) in [7, 11) is 3.02. The number of methoxy groups -OCH3 is 2. The van der Waals surface area contributed by atoms with Crippen LogP contribution in [0, 0.1) is 17.8 Å². The zero-order valence-electron chi connectivity index (χ0n) is 23.5. The second kappa shape index (κ2) is 14.6. The van der Waals surface area contributed by atoms with Crippen molar-refractivity contribution in [1.29, 1.82) is 0 Å². The summed E-state index contributed by atoms with van der Waals surface area (Å²) < 4.78 is 10.5. The lowest BCUT2D eigenvalue weighted by Gasteiger charge is -2.25. The largest absolute Gasteiger partial charge is 0.504 e. The molecule has 3 aromatic carbocycles. The first kappa shape index (κ1) is 30.0. The Balaban J connectivity index is 1.80. The maximum Gasteiger partial charge on any atom is 0.160 e. The average Bonchev–Trinajstić information content (AvgIpc) is 2.92. The fourth-order valence-electron chi connectivity index (χ4n) is 5.00. The molecular weight excluding hydrogens is 492 g/mol. The van der Waals surface area contributed by atoms with Crippen LogP contribution in [0.2, 0.25) is 0 Å². The molecule has 3 N–H and O–H groups in total. The number of carbonyl (C=O) groups is 1. The van der Waals surface area contributed by atoms with Crippen molar-refractivity contribution < 1.29 is 29.6 Å². The second-order valence-electron chi connectivity index (χ2n) is 10.8. The molecule has 0 radical (unpaired) electrons. The number of phenolic OH excluding ortho intramolecular Hbond substituents is 2. The molecule has 0 amide bonds. The van der Waals surface area contributed by atoms with E-state index < -0.39 is 6.10 Å². The molecule has 3 unspecified atom stereocenters. The van der Waals surface area contributed by atoms with E-state index in [-0.39, 0.29) is 35.5 Å². The molecule has 210 valence electrons. The van der Waals surface area contributed by atoms with Crippen molar-refractivity contribution in [2.75, 3.05) is 14.2 Å². The first-order chi connectivity index (χ1) is 18.7. The Kier molecular flexibility index (Phi) is 11.2. The molecule has 3 atom stereocenters. The number of aliphatic hydroxyl groups is 1. The molecule has 0 fully saturated rings. The lowest BCUT2D eigenvalue weighted by Crippen LogP contribution is -2.30. The van der Waals surface area contributed by atoms with Gasteiger partial charge in [0, 0.05) is 12.3 Å². The highest BCUT2D eigenvalue weighted by Gasteiger charge is 2.27. The highest BCUT2D eigenvalue weighted by molar-refractivity contribution is 5.81. The standard InChI is InChI=1S/C33H42O6/c1-22(2)10-13-26(17-24-11-14-28(34)32(19-24)38-3)30(36)21-31(37)27(16-23-8-6-5-7-9-23)18-25-12-15-29(35)33(20-25)39-4/h5-9,11-12,14-15,19-20,22,26-27,31,34-35,37H,10,13,16-18,21H2,1-4H3. The zero-order valence-corrected chi connectivity index (χ0v) is 23.5. The number of aromatic hydroxyl groups is 2. The minimum atomic E-state index is -0.839. The molecule has 0 saturated carbocycles. The molecule has 3 rings (SSSR count). The van der Waals surface area contributed by atoms with E-state index in [0.717, 1.165) is 29.5 Å². The fourth-order valence-corrected chi connectivity index (χ4v) is 5.00. The summed E-state index contributed by atoms with van der Waals surface area (Å²) in [6, 6.07) is 20.4. The Morgan fingerprint density at radius 1 is 0.744 bits per heavy atom. The van der Waals surface area contributed by atoms with Crippen LogP contribution in [0.4, 0.5) is 0 Å². The van der Waals surface area contributed by atoms with Crippen LogP contribution in [-0.4, -0.2) is 41.4 Å². The van der Waals surface area contributed by atoms with Crippen molar-refractivity contribution in [3.05, 3.63) is 83.4 Å². The number of phenols is 2. The van der Waals surface area contributed by atoms with Gasteiger partial charge < -0.3 is 24.8 Å². The summed E-state index contributed by atoms with van der Waals surface area (Å²) in [6.07, 6.45) is 2.52. The summed E-state index contributed by atoms with van der Waals surface area (Å²) in [5, 5.41) is 31.4. The maximum atomic E-state index is 13.7. The summed E-state index contributed by atoms with van der Waals surface area (Å²) in [4.78, 5) is 13.7. The van der Waals surface area contributed by atoms with E-state index in [0.29, 0.717) is 36.7 Å². The van der Waals surface area contributed by atoms with Gasteiger partial charge in [-0.3, -0.25) is 4.79 Å². The van der Waals surface area contributed by atoms with Crippen LogP contribution in [0.25, 0.3) is 0 Å². The Morgan fingerprint density at radius 2 is 1.28 bits per heavy atom. The molecule has 0 aliphatic heterocycles. The van der Waals surface area contributed by atoms with E-state index in [9.17, 15) is 20.1 Å². The molecule has 0 aliphatic carbocycles. The quantitative estimate of drug-likeness (QED) is 0.217. The number of aliphatic hydroxyl groups excluding tert-OH is 1. The van der Waals surface area contributed by atoms with Crippen molar-refractivity contribution in [2.45, 2.75) is 58.5 Å². The lowest BCUT2D eigenvalue weighted by atomic mass is 9.82.